The molecule has 1 aromatic heterocycles. The summed E-state index contributed by atoms with van der Waals surface area (Å²) in [6.45, 7) is 0. The molecule has 0 spiro atoms. The van der Waals surface area contributed by atoms with Gasteiger partial charge in [-0.1, -0.05) is 0 Å². The molecule has 6 heteroatoms. The lowest BCUT2D eigenvalue weighted by Crippen LogP contribution is -2.12. The van der Waals surface area contributed by atoms with E-state index in [2.05, 4.69) is 15.5 Å². The second kappa shape index (κ2) is 4.56. The number of methoxy groups -OCH3 is 1. The van der Waals surface area contributed by atoms with Gasteiger partial charge in [0.2, 0.25) is 0 Å². The van der Waals surface area contributed by atoms with Gasteiger partial charge in [0.15, 0.2) is 0 Å². The summed E-state index contributed by atoms with van der Waals surface area (Å²) in [6, 6.07) is 7.00. The topological polar surface area (TPSA) is 93.0 Å². The molecule has 0 aliphatic heterocycles. The van der Waals surface area contributed by atoms with Crippen LogP contribution in [0, 0.1) is 0 Å². The van der Waals surface area contributed by atoms with Crippen LogP contribution in [0.4, 0.5) is 11.5 Å². The van der Waals surface area contributed by atoms with Gasteiger partial charge in [-0.25, -0.2) is 0 Å². The highest BCUT2D eigenvalue weighted by atomic mass is 16.5. The minimum absolute atomic E-state index is 0.246. The summed E-state index contributed by atoms with van der Waals surface area (Å²) >= 11 is 0. The molecule has 2 rings (SSSR count). The molecule has 1 heterocycles. The normalized spacial score (nSPS) is 9.94. The van der Waals surface area contributed by atoms with Crippen LogP contribution in [0.1, 0.15) is 10.4 Å². The predicted octanol–water partition coefficient (Wildman–Crippen LogP) is 1.25. The first kappa shape index (κ1) is 11.0. The number of H-pyrrole nitrogens is 1. The van der Waals surface area contributed by atoms with Crippen molar-refractivity contribution in [2.75, 3.05) is 18.2 Å². The number of ether oxygens (including phenoxy) is 1. The molecule has 17 heavy (non-hydrogen) atoms. The summed E-state index contributed by atoms with van der Waals surface area (Å²) in [5.74, 6) is 0.670. The Morgan fingerprint density at radius 1 is 1.41 bits per heavy atom. The Morgan fingerprint density at radius 3 is 2.65 bits per heavy atom. The Hall–Kier alpha value is -2.50. The van der Waals surface area contributed by atoms with Crippen molar-refractivity contribution in [3.63, 3.8) is 0 Å². The number of carbonyl (C=O) groups excluding carboxylic acids is 1. The predicted molar refractivity (Wildman–Crippen MR) is 63.9 cm³/mol. The molecule has 1 amide bonds. The lowest BCUT2D eigenvalue weighted by atomic mass is 10.2. The molecule has 0 saturated carbocycles. The zero-order valence-corrected chi connectivity index (χ0v) is 9.23. The third kappa shape index (κ3) is 2.36. The van der Waals surface area contributed by atoms with Crippen molar-refractivity contribution in [1.29, 1.82) is 0 Å². The number of aromatic amines is 1. The summed E-state index contributed by atoms with van der Waals surface area (Å²) in [5.41, 5.74) is 6.53. The molecule has 1 aromatic carbocycles. The van der Waals surface area contributed by atoms with Crippen LogP contribution in [0.2, 0.25) is 0 Å². The van der Waals surface area contributed by atoms with Crippen LogP contribution in [-0.2, 0) is 0 Å². The van der Waals surface area contributed by atoms with Crippen LogP contribution in [-0.4, -0.2) is 23.2 Å². The van der Waals surface area contributed by atoms with Gasteiger partial charge in [-0.2, -0.15) is 5.10 Å². The molecule has 6 nitrogen and oxygen atoms in total. The Kier molecular flexibility index (Phi) is 2.95. The van der Waals surface area contributed by atoms with Crippen molar-refractivity contribution in [3.05, 3.63) is 36.0 Å². The highest BCUT2D eigenvalue weighted by molar-refractivity contribution is 6.07. The average Bonchev–Trinajstić information content (AvgIpc) is 2.76. The minimum Gasteiger partial charge on any atom is -0.497 e. The van der Waals surface area contributed by atoms with E-state index in [-0.39, 0.29) is 11.7 Å². The largest absolute Gasteiger partial charge is 0.497 e. The number of nitrogens with two attached hydrogens (primary N) is 1. The van der Waals surface area contributed by atoms with Gasteiger partial charge in [-0.15, -0.1) is 0 Å². The molecule has 88 valence electrons. The van der Waals surface area contributed by atoms with Crippen molar-refractivity contribution in [1.82, 2.24) is 10.2 Å². The lowest BCUT2D eigenvalue weighted by Gasteiger charge is -2.05. The summed E-state index contributed by atoms with van der Waals surface area (Å²) in [5, 5.41) is 8.88. The van der Waals surface area contributed by atoms with Gasteiger partial charge in [-0.3, -0.25) is 9.89 Å². The number of rotatable bonds is 3. The standard InChI is InChI=1S/C11H12N4O2/c1-17-8-4-2-7(3-5-8)14-11(16)9-6-13-15-10(9)12/h2-6H,1H3,(H,14,16)(H3,12,13,15). The summed E-state index contributed by atoms with van der Waals surface area (Å²) in [6.07, 6.45) is 1.38. The summed E-state index contributed by atoms with van der Waals surface area (Å²) < 4.78 is 5.02. The number of hydrogen-bond acceptors (Lipinski definition) is 4. The molecular weight excluding hydrogens is 220 g/mol. The zero-order chi connectivity index (χ0) is 12.3. The van der Waals surface area contributed by atoms with Crippen molar-refractivity contribution in [2.24, 2.45) is 0 Å². The SMILES string of the molecule is COc1ccc(NC(=O)c2cn[nH]c2N)cc1. The number of nitrogens with one attached hydrogen (secondary N) is 2. The smallest absolute Gasteiger partial charge is 0.261 e. The van der Waals surface area contributed by atoms with Gasteiger partial charge >= 0.3 is 0 Å². The van der Waals surface area contributed by atoms with E-state index >= 15 is 0 Å². The maximum Gasteiger partial charge on any atom is 0.261 e. The molecule has 0 saturated heterocycles. The Labute approximate surface area is 97.8 Å². The Bertz CT molecular complexity index is 519. The first-order valence-electron chi connectivity index (χ1n) is 4.95. The monoisotopic (exact) mass is 232 g/mol. The quantitative estimate of drug-likeness (QED) is 0.742. The van der Waals surface area contributed by atoms with E-state index in [4.69, 9.17) is 10.5 Å². The fourth-order valence-corrected chi connectivity index (χ4v) is 1.35. The van der Waals surface area contributed by atoms with Crippen molar-refractivity contribution < 1.29 is 9.53 Å². The van der Waals surface area contributed by atoms with Crippen LogP contribution in [0.3, 0.4) is 0 Å². The van der Waals surface area contributed by atoms with Crippen LogP contribution >= 0.6 is 0 Å². The number of amides is 1. The Balaban J connectivity index is 2.10. The Morgan fingerprint density at radius 2 is 2.12 bits per heavy atom. The molecular formula is C11H12N4O2. The van der Waals surface area contributed by atoms with E-state index < -0.39 is 0 Å². The van der Waals surface area contributed by atoms with Gasteiger partial charge in [-0.05, 0) is 24.3 Å². The van der Waals surface area contributed by atoms with E-state index in [1.54, 1.807) is 31.4 Å². The number of hydrogen-bond donors (Lipinski definition) is 3. The van der Waals surface area contributed by atoms with Gasteiger partial charge in [0.25, 0.3) is 5.91 Å². The van der Waals surface area contributed by atoms with E-state index in [1.165, 1.54) is 6.20 Å². The third-order valence-electron chi connectivity index (χ3n) is 2.26. The van der Waals surface area contributed by atoms with Gasteiger partial charge in [0, 0.05) is 5.69 Å². The molecule has 2 aromatic rings. The maximum atomic E-state index is 11.8. The van der Waals surface area contributed by atoms with Crippen molar-refractivity contribution in [2.45, 2.75) is 0 Å². The second-order valence-corrected chi connectivity index (χ2v) is 3.38. The number of nitrogen functional groups attached to an aromatic ring is 1. The molecule has 0 unspecified atom stereocenters. The second-order valence-electron chi connectivity index (χ2n) is 3.38. The van der Waals surface area contributed by atoms with Crippen LogP contribution < -0.4 is 15.8 Å². The minimum atomic E-state index is -0.304. The highest BCUT2D eigenvalue weighted by Crippen LogP contribution is 2.16. The highest BCUT2D eigenvalue weighted by Gasteiger charge is 2.11. The maximum absolute atomic E-state index is 11.8. The first-order valence-corrected chi connectivity index (χ1v) is 4.95. The molecule has 0 aliphatic carbocycles. The zero-order valence-electron chi connectivity index (χ0n) is 9.23. The number of aromatic nitrogens is 2. The van der Waals surface area contributed by atoms with Crippen molar-refractivity contribution >= 4 is 17.4 Å². The van der Waals surface area contributed by atoms with E-state index in [9.17, 15) is 4.79 Å². The van der Waals surface area contributed by atoms with Crippen LogP contribution in [0.5, 0.6) is 5.75 Å². The van der Waals surface area contributed by atoms with E-state index in [0.717, 1.165) is 5.75 Å². The summed E-state index contributed by atoms with van der Waals surface area (Å²) in [4.78, 5) is 11.8. The molecule has 0 bridgehead atoms. The third-order valence-corrected chi connectivity index (χ3v) is 2.26. The van der Waals surface area contributed by atoms with Crippen LogP contribution in [0.15, 0.2) is 30.5 Å². The number of nitrogens with zero attached hydrogens (tertiary/aromatic N) is 1. The molecule has 0 radical (unpaired) electrons. The fourth-order valence-electron chi connectivity index (χ4n) is 1.35. The van der Waals surface area contributed by atoms with E-state index in [1.807, 2.05) is 0 Å². The summed E-state index contributed by atoms with van der Waals surface area (Å²) in [7, 11) is 1.58. The number of anilines is 2. The molecule has 0 aliphatic rings. The molecule has 4 N–H and O–H groups in total. The molecule has 0 fully saturated rings. The average molecular weight is 232 g/mol. The van der Waals surface area contributed by atoms with Gasteiger partial charge in [0.05, 0.1) is 13.3 Å². The van der Waals surface area contributed by atoms with E-state index in [0.29, 0.717) is 11.3 Å². The fraction of sp³-hybridized carbons (Fsp3) is 0.0909. The number of carbonyl (C=O) groups is 1. The van der Waals surface area contributed by atoms with Gasteiger partial charge < -0.3 is 15.8 Å². The number of benzene rings is 1. The molecule has 0 atom stereocenters. The first-order chi connectivity index (χ1) is 8.20. The van der Waals surface area contributed by atoms with Crippen LogP contribution in [0.25, 0.3) is 0 Å². The van der Waals surface area contributed by atoms with Crippen molar-refractivity contribution in [3.8, 4) is 5.75 Å². The van der Waals surface area contributed by atoms with Gasteiger partial charge in [0.1, 0.15) is 17.1 Å². The lowest BCUT2D eigenvalue weighted by molar-refractivity contribution is 0.102.